The molecule has 0 N–H and O–H groups in total. The van der Waals surface area contributed by atoms with Gasteiger partial charge in [0.2, 0.25) is 0 Å². The van der Waals surface area contributed by atoms with Crippen LogP contribution in [0.2, 0.25) is 0 Å². The van der Waals surface area contributed by atoms with Crippen molar-refractivity contribution in [2.24, 2.45) is 0 Å². The molecule has 0 bridgehead atoms. The first-order chi connectivity index (χ1) is 10.3. The molecule has 21 heavy (non-hydrogen) atoms. The molecule has 112 valence electrons. The van der Waals surface area contributed by atoms with Crippen LogP contribution in [0.15, 0.2) is 24.3 Å². The molecule has 1 saturated heterocycles. The molecule has 1 atom stereocenters. The third kappa shape index (κ3) is 2.38. The number of benzene rings is 1. The highest BCUT2D eigenvalue weighted by molar-refractivity contribution is 6.00. The molecule has 0 amide bonds. The van der Waals surface area contributed by atoms with Gasteiger partial charge in [0, 0.05) is 19.0 Å². The highest BCUT2D eigenvalue weighted by Crippen LogP contribution is 2.40. The minimum Gasteiger partial charge on any atom is -0.486 e. The number of likely N-dealkylation sites (tertiary alicyclic amines) is 1. The van der Waals surface area contributed by atoms with Crippen LogP contribution in [0, 0.1) is 0 Å². The summed E-state index contributed by atoms with van der Waals surface area (Å²) in [5.41, 5.74) is 0.521. The maximum absolute atomic E-state index is 12.5. The molecule has 0 radical (unpaired) electrons. The van der Waals surface area contributed by atoms with Crippen LogP contribution < -0.4 is 4.74 Å². The van der Waals surface area contributed by atoms with Crippen molar-refractivity contribution in [2.75, 3.05) is 13.1 Å². The lowest BCUT2D eigenvalue weighted by Gasteiger charge is -2.39. The van der Waals surface area contributed by atoms with Crippen molar-refractivity contribution in [2.45, 2.75) is 56.6 Å². The second-order valence-corrected chi connectivity index (χ2v) is 6.86. The molecule has 1 saturated carbocycles. The van der Waals surface area contributed by atoms with E-state index in [4.69, 9.17) is 4.74 Å². The lowest BCUT2D eigenvalue weighted by atomic mass is 9.84. The number of hydrogen-bond donors (Lipinski definition) is 0. The molecule has 2 aliphatic heterocycles. The van der Waals surface area contributed by atoms with Gasteiger partial charge in [-0.3, -0.25) is 4.79 Å². The van der Waals surface area contributed by atoms with E-state index in [1.807, 2.05) is 24.3 Å². The smallest absolute Gasteiger partial charge is 0.170 e. The minimum absolute atomic E-state index is 0.246. The predicted octanol–water partition coefficient (Wildman–Crippen LogP) is 3.43. The van der Waals surface area contributed by atoms with Crippen LogP contribution in [0.25, 0.3) is 0 Å². The number of ether oxygens (including phenoxy) is 1. The second kappa shape index (κ2) is 5.13. The highest BCUT2D eigenvalue weighted by Gasteiger charge is 2.42. The topological polar surface area (TPSA) is 29.5 Å². The lowest BCUT2D eigenvalue weighted by molar-refractivity contribution is 0.0275. The number of hydrogen-bond acceptors (Lipinski definition) is 3. The van der Waals surface area contributed by atoms with Gasteiger partial charge in [-0.25, -0.2) is 0 Å². The SMILES string of the molecule is O=C1CC2(CCCN(C3CCC3)CC2)Oc2ccccc21. The fourth-order valence-corrected chi connectivity index (χ4v) is 4.03. The molecule has 3 nitrogen and oxygen atoms in total. The number of rotatable bonds is 1. The van der Waals surface area contributed by atoms with E-state index in [2.05, 4.69) is 4.90 Å². The Morgan fingerprint density at radius 1 is 1.10 bits per heavy atom. The number of nitrogens with zero attached hydrogens (tertiary/aromatic N) is 1. The number of carbonyl (C=O) groups is 1. The Labute approximate surface area is 126 Å². The van der Waals surface area contributed by atoms with E-state index in [1.54, 1.807) is 0 Å². The van der Waals surface area contributed by atoms with E-state index in [0.717, 1.165) is 43.2 Å². The summed E-state index contributed by atoms with van der Waals surface area (Å²) < 4.78 is 6.34. The highest BCUT2D eigenvalue weighted by atomic mass is 16.5. The van der Waals surface area contributed by atoms with Crippen LogP contribution in [0.4, 0.5) is 0 Å². The quantitative estimate of drug-likeness (QED) is 0.791. The van der Waals surface area contributed by atoms with Crippen molar-refractivity contribution in [3.05, 3.63) is 29.8 Å². The van der Waals surface area contributed by atoms with Crippen molar-refractivity contribution < 1.29 is 9.53 Å². The summed E-state index contributed by atoms with van der Waals surface area (Å²) in [4.78, 5) is 15.1. The van der Waals surface area contributed by atoms with E-state index in [9.17, 15) is 4.79 Å². The molecule has 1 aliphatic carbocycles. The molecule has 4 rings (SSSR count). The zero-order chi connectivity index (χ0) is 14.3. The van der Waals surface area contributed by atoms with Crippen LogP contribution in [-0.2, 0) is 0 Å². The van der Waals surface area contributed by atoms with Gasteiger partial charge < -0.3 is 9.64 Å². The largest absolute Gasteiger partial charge is 0.486 e. The zero-order valence-electron chi connectivity index (χ0n) is 12.5. The molecule has 3 heteroatoms. The van der Waals surface area contributed by atoms with Crippen molar-refractivity contribution >= 4 is 5.78 Å². The molecule has 0 aromatic heterocycles. The molecule has 1 unspecified atom stereocenters. The summed E-state index contributed by atoms with van der Waals surface area (Å²) in [5, 5.41) is 0. The molecule has 2 heterocycles. The van der Waals surface area contributed by atoms with Gasteiger partial charge in [0.1, 0.15) is 11.4 Å². The summed E-state index contributed by atoms with van der Waals surface area (Å²) in [5.74, 6) is 1.06. The number of ketones is 1. The van der Waals surface area contributed by atoms with Gasteiger partial charge in [-0.05, 0) is 44.4 Å². The van der Waals surface area contributed by atoms with E-state index in [0.29, 0.717) is 6.42 Å². The summed E-state index contributed by atoms with van der Waals surface area (Å²) in [6.07, 6.45) is 7.80. The average molecular weight is 285 g/mol. The fraction of sp³-hybridized carbons (Fsp3) is 0.611. The Hall–Kier alpha value is -1.35. The molecule has 3 aliphatic rings. The summed E-state index contributed by atoms with van der Waals surface area (Å²) in [6, 6.07) is 8.52. The van der Waals surface area contributed by atoms with Crippen LogP contribution in [0.1, 0.15) is 55.3 Å². The first-order valence-electron chi connectivity index (χ1n) is 8.31. The van der Waals surface area contributed by atoms with Crippen molar-refractivity contribution in [1.82, 2.24) is 4.90 Å². The number of Topliss-reactive ketones (excluding diaryl/α,β-unsaturated/α-hetero) is 1. The van der Waals surface area contributed by atoms with Gasteiger partial charge in [-0.15, -0.1) is 0 Å². The van der Waals surface area contributed by atoms with E-state index < -0.39 is 0 Å². The van der Waals surface area contributed by atoms with Crippen LogP contribution in [-0.4, -0.2) is 35.4 Å². The van der Waals surface area contributed by atoms with E-state index >= 15 is 0 Å². The van der Waals surface area contributed by atoms with Crippen LogP contribution in [0.3, 0.4) is 0 Å². The number of carbonyl (C=O) groups excluding carboxylic acids is 1. The average Bonchev–Trinajstić information content (AvgIpc) is 2.61. The fourth-order valence-electron chi connectivity index (χ4n) is 4.03. The third-order valence-electron chi connectivity index (χ3n) is 5.52. The Morgan fingerprint density at radius 3 is 2.76 bits per heavy atom. The Bertz CT molecular complexity index is 552. The first kappa shape index (κ1) is 13.3. The van der Waals surface area contributed by atoms with Crippen molar-refractivity contribution in [3.63, 3.8) is 0 Å². The van der Waals surface area contributed by atoms with Crippen LogP contribution in [0.5, 0.6) is 5.75 Å². The van der Waals surface area contributed by atoms with Gasteiger partial charge in [-0.2, -0.15) is 0 Å². The number of fused-ring (bicyclic) bond motifs is 1. The Morgan fingerprint density at radius 2 is 1.95 bits per heavy atom. The maximum atomic E-state index is 12.5. The van der Waals surface area contributed by atoms with Crippen molar-refractivity contribution in [1.29, 1.82) is 0 Å². The lowest BCUT2D eigenvalue weighted by Crippen LogP contribution is -2.44. The van der Waals surface area contributed by atoms with E-state index in [1.165, 1.54) is 25.8 Å². The predicted molar refractivity (Wildman–Crippen MR) is 81.8 cm³/mol. The number of para-hydroxylation sites is 1. The maximum Gasteiger partial charge on any atom is 0.170 e. The van der Waals surface area contributed by atoms with Crippen LogP contribution >= 0.6 is 0 Å². The van der Waals surface area contributed by atoms with Gasteiger partial charge in [0.25, 0.3) is 0 Å². The molecule has 1 aromatic carbocycles. The summed E-state index contributed by atoms with van der Waals surface area (Å²) in [7, 11) is 0. The minimum atomic E-state index is -0.246. The summed E-state index contributed by atoms with van der Waals surface area (Å²) in [6.45, 7) is 2.26. The normalized spacial score (nSPS) is 30.4. The second-order valence-electron chi connectivity index (χ2n) is 6.86. The van der Waals surface area contributed by atoms with Gasteiger partial charge in [-0.1, -0.05) is 18.6 Å². The van der Waals surface area contributed by atoms with Gasteiger partial charge >= 0.3 is 0 Å². The molecule has 1 aromatic rings. The van der Waals surface area contributed by atoms with Gasteiger partial charge in [0.05, 0.1) is 12.0 Å². The zero-order valence-corrected chi connectivity index (χ0v) is 12.5. The van der Waals surface area contributed by atoms with E-state index in [-0.39, 0.29) is 11.4 Å². The standard InChI is InChI=1S/C18H23NO2/c20-16-13-18(21-17-8-2-1-7-15(16)17)9-4-11-19(12-10-18)14-5-3-6-14/h1-2,7-8,14H,3-6,9-13H2. The molecule has 2 fully saturated rings. The van der Waals surface area contributed by atoms with Gasteiger partial charge in [0.15, 0.2) is 5.78 Å². The Kier molecular flexibility index (Phi) is 3.26. The molecular formula is C18H23NO2. The first-order valence-corrected chi connectivity index (χ1v) is 8.31. The third-order valence-corrected chi connectivity index (χ3v) is 5.52. The monoisotopic (exact) mass is 285 g/mol. The van der Waals surface area contributed by atoms with Crippen molar-refractivity contribution in [3.8, 4) is 5.75 Å². The molecule has 1 spiro atoms. The Balaban J connectivity index is 1.54. The summed E-state index contributed by atoms with van der Waals surface area (Å²) >= 11 is 0. The molecular weight excluding hydrogens is 262 g/mol.